The van der Waals surface area contributed by atoms with Gasteiger partial charge in [0.15, 0.2) is 0 Å². The minimum Gasteiger partial charge on any atom is -0.392 e. The first kappa shape index (κ1) is 13.6. The van der Waals surface area contributed by atoms with Gasteiger partial charge in [-0.05, 0) is 18.6 Å². The molecule has 0 unspecified atom stereocenters. The van der Waals surface area contributed by atoms with Crippen LogP contribution in [0.4, 0.5) is 5.82 Å². The molecule has 1 aromatic carbocycles. The minimum absolute atomic E-state index is 0.00449. The first-order valence-electron chi connectivity index (χ1n) is 6.65. The van der Waals surface area contributed by atoms with E-state index in [0.717, 1.165) is 41.8 Å². The summed E-state index contributed by atoms with van der Waals surface area (Å²) < 4.78 is 0. The normalized spacial score (nSPS) is 10.6. The molecule has 0 bridgehead atoms. The van der Waals surface area contributed by atoms with Gasteiger partial charge in [0, 0.05) is 24.0 Å². The first-order valence-corrected chi connectivity index (χ1v) is 6.65. The summed E-state index contributed by atoms with van der Waals surface area (Å²) in [4.78, 5) is 6.86. The largest absolute Gasteiger partial charge is 0.392 e. The fourth-order valence-corrected chi connectivity index (χ4v) is 2.25. The summed E-state index contributed by atoms with van der Waals surface area (Å²) in [6.45, 7) is 7.58. The van der Waals surface area contributed by atoms with E-state index < -0.39 is 0 Å². The molecule has 2 rings (SSSR count). The van der Waals surface area contributed by atoms with Crippen LogP contribution in [0.5, 0.6) is 0 Å². The summed E-state index contributed by atoms with van der Waals surface area (Å²) in [5.41, 5.74) is 1.83. The molecule has 0 aliphatic rings. The molecule has 0 atom stereocenters. The molecule has 1 heterocycles. The van der Waals surface area contributed by atoms with Crippen LogP contribution >= 0.6 is 0 Å². The highest BCUT2D eigenvalue weighted by Crippen LogP contribution is 2.24. The van der Waals surface area contributed by atoms with Crippen molar-refractivity contribution in [1.29, 1.82) is 0 Å². The third-order valence-corrected chi connectivity index (χ3v) is 3.09. The standard InChI is InChI=1S/C16H20N2O/c1-3-9-18(10-4-2)16-14(12-19)11-13-7-5-6-8-15(13)17-16/h3,5-8,11,19H,1,4,9-10,12H2,2H3. The predicted octanol–water partition coefficient (Wildman–Crippen LogP) is 3.13. The smallest absolute Gasteiger partial charge is 0.135 e. The summed E-state index contributed by atoms with van der Waals surface area (Å²) in [7, 11) is 0. The van der Waals surface area contributed by atoms with Crippen molar-refractivity contribution < 1.29 is 5.11 Å². The Balaban J connectivity index is 2.52. The maximum atomic E-state index is 9.57. The fraction of sp³-hybridized carbons (Fsp3) is 0.312. The van der Waals surface area contributed by atoms with Crippen molar-refractivity contribution in [3.8, 4) is 0 Å². The van der Waals surface area contributed by atoms with E-state index >= 15 is 0 Å². The van der Waals surface area contributed by atoms with Gasteiger partial charge >= 0.3 is 0 Å². The van der Waals surface area contributed by atoms with E-state index in [0.29, 0.717) is 0 Å². The molecule has 0 radical (unpaired) electrons. The van der Waals surface area contributed by atoms with E-state index in [1.807, 2.05) is 36.4 Å². The van der Waals surface area contributed by atoms with Crippen molar-refractivity contribution in [2.45, 2.75) is 20.0 Å². The Morgan fingerprint density at radius 2 is 2.16 bits per heavy atom. The van der Waals surface area contributed by atoms with E-state index in [-0.39, 0.29) is 6.61 Å². The second-order valence-electron chi connectivity index (χ2n) is 4.56. The minimum atomic E-state index is 0.00449. The van der Waals surface area contributed by atoms with Gasteiger partial charge < -0.3 is 10.0 Å². The Morgan fingerprint density at radius 3 is 2.84 bits per heavy atom. The first-order chi connectivity index (χ1) is 9.30. The second-order valence-corrected chi connectivity index (χ2v) is 4.56. The lowest BCUT2D eigenvalue weighted by molar-refractivity contribution is 0.282. The van der Waals surface area contributed by atoms with Crippen LogP contribution in [0.2, 0.25) is 0 Å². The average molecular weight is 256 g/mol. The SMILES string of the molecule is C=CCN(CCC)c1nc2ccccc2cc1CO. The molecule has 0 saturated carbocycles. The number of aromatic nitrogens is 1. The Labute approximate surface area is 114 Å². The highest BCUT2D eigenvalue weighted by atomic mass is 16.3. The van der Waals surface area contributed by atoms with Crippen LogP contribution in [0.1, 0.15) is 18.9 Å². The van der Waals surface area contributed by atoms with Crippen molar-refractivity contribution in [1.82, 2.24) is 4.98 Å². The van der Waals surface area contributed by atoms with Gasteiger partial charge in [-0.15, -0.1) is 6.58 Å². The lowest BCUT2D eigenvalue weighted by Gasteiger charge is -2.24. The molecular formula is C16H20N2O. The third kappa shape index (κ3) is 2.93. The number of para-hydroxylation sites is 1. The van der Waals surface area contributed by atoms with Gasteiger partial charge in [-0.1, -0.05) is 31.2 Å². The molecule has 0 aliphatic carbocycles. The van der Waals surface area contributed by atoms with E-state index in [2.05, 4.69) is 18.4 Å². The molecular weight excluding hydrogens is 236 g/mol. The third-order valence-electron chi connectivity index (χ3n) is 3.09. The fourth-order valence-electron chi connectivity index (χ4n) is 2.25. The maximum Gasteiger partial charge on any atom is 0.135 e. The van der Waals surface area contributed by atoms with Crippen LogP contribution in [0.3, 0.4) is 0 Å². The molecule has 3 heteroatoms. The molecule has 0 spiro atoms. The monoisotopic (exact) mass is 256 g/mol. The van der Waals surface area contributed by atoms with E-state index in [4.69, 9.17) is 4.98 Å². The van der Waals surface area contributed by atoms with Crippen LogP contribution in [0.25, 0.3) is 10.9 Å². The maximum absolute atomic E-state index is 9.57. The zero-order valence-electron chi connectivity index (χ0n) is 11.3. The van der Waals surface area contributed by atoms with Crippen LogP contribution in [-0.2, 0) is 6.61 Å². The number of aliphatic hydroxyl groups excluding tert-OH is 1. The van der Waals surface area contributed by atoms with Crippen LogP contribution in [0, 0.1) is 0 Å². The lowest BCUT2D eigenvalue weighted by atomic mass is 10.1. The topological polar surface area (TPSA) is 36.4 Å². The van der Waals surface area contributed by atoms with E-state index in [1.54, 1.807) is 0 Å². The van der Waals surface area contributed by atoms with Gasteiger partial charge in [0.1, 0.15) is 5.82 Å². The molecule has 3 nitrogen and oxygen atoms in total. The van der Waals surface area contributed by atoms with E-state index in [1.165, 1.54) is 0 Å². The van der Waals surface area contributed by atoms with Gasteiger partial charge in [0.05, 0.1) is 12.1 Å². The van der Waals surface area contributed by atoms with Crippen molar-refractivity contribution in [2.24, 2.45) is 0 Å². The zero-order valence-corrected chi connectivity index (χ0v) is 11.3. The predicted molar refractivity (Wildman–Crippen MR) is 80.4 cm³/mol. The zero-order chi connectivity index (χ0) is 13.7. The van der Waals surface area contributed by atoms with Crippen molar-refractivity contribution in [3.63, 3.8) is 0 Å². The summed E-state index contributed by atoms with van der Waals surface area (Å²) in [5, 5.41) is 10.6. The molecule has 0 aliphatic heterocycles. The van der Waals surface area contributed by atoms with Gasteiger partial charge in [0.2, 0.25) is 0 Å². The number of benzene rings is 1. The molecule has 0 fully saturated rings. The second kappa shape index (κ2) is 6.34. The highest BCUT2D eigenvalue weighted by Gasteiger charge is 2.12. The number of aliphatic hydroxyl groups is 1. The molecule has 1 N–H and O–H groups in total. The van der Waals surface area contributed by atoms with Gasteiger partial charge in [-0.3, -0.25) is 0 Å². The average Bonchev–Trinajstić information content (AvgIpc) is 2.45. The lowest BCUT2D eigenvalue weighted by Crippen LogP contribution is -2.26. The molecule has 2 aromatic rings. The highest BCUT2D eigenvalue weighted by molar-refractivity contribution is 5.81. The molecule has 100 valence electrons. The number of anilines is 1. The summed E-state index contributed by atoms with van der Waals surface area (Å²) in [6.07, 6.45) is 2.90. The Bertz CT molecular complexity index is 566. The molecule has 0 amide bonds. The summed E-state index contributed by atoms with van der Waals surface area (Å²) >= 11 is 0. The van der Waals surface area contributed by atoms with Crippen LogP contribution in [0.15, 0.2) is 43.0 Å². The summed E-state index contributed by atoms with van der Waals surface area (Å²) in [6, 6.07) is 10.00. The van der Waals surface area contributed by atoms with Crippen molar-refractivity contribution in [2.75, 3.05) is 18.0 Å². The number of hydrogen-bond donors (Lipinski definition) is 1. The van der Waals surface area contributed by atoms with Crippen LogP contribution < -0.4 is 4.90 Å². The molecule has 0 saturated heterocycles. The number of hydrogen-bond acceptors (Lipinski definition) is 3. The molecule has 19 heavy (non-hydrogen) atoms. The Kier molecular flexibility index (Phi) is 4.53. The Hall–Kier alpha value is -1.87. The number of fused-ring (bicyclic) bond motifs is 1. The van der Waals surface area contributed by atoms with Gasteiger partial charge in [-0.25, -0.2) is 4.98 Å². The number of pyridine rings is 1. The number of nitrogens with zero attached hydrogens (tertiary/aromatic N) is 2. The van der Waals surface area contributed by atoms with Gasteiger partial charge in [0.25, 0.3) is 0 Å². The van der Waals surface area contributed by atoms with Crippen molar-refractivity contribution in [3.05, 3.63) is 48.6 Å². The summed E-state index contributed by atoms with van der Waals surface area (Å²) in [5.74, 6) is 0.864. The van der Waals surface area contributed by atoms with Crippen molar-refractivity contribution >= 4 is 16.7 Å². The van der Waals surface area contributed by atoms with Crippen LogP contribution in [-0.4, -0.2) is 23.2 Å². The van der Waals surface area contributed by atoms with E-state index in [9.17, 15) is 5.11 Å². The Morgan fingerprint density at radius 1 is 1.37 bits per heavy atom. The molecule has 1 aromatic heterocycles. The quantitative estimate of drug-likeness (QED) is 0.807. The number of rotatable bonds is 6. The van der Waals surface area contributed by atoms with Gasteiger partial charge in [-0.2, -0.15) is 0 Å².